The second-order valence-corrected chi connectivity index (χ2v) is 3.02. The van der Waals surface area contributed by atoms with Gasteiger partial charge in [0.15, 0.2) is 0 Å². The summed E-state index contributed by atoms with van der Waals surface area (Å²) in [6, 6.07) is 0.634. The van der Waals surface area contributed by atoms with Gasteiger partial charge in [-0.2, -0.15) is 0 Å². The topological polar surface area (TPSA) is 49.3 Å². The largest absolute Gasteiger partial charge is 0.400 e. The molecule has 0 unspecified atom stereocenters. The molecule has 0 aromatic rings. The Bertz CT molecular complexity index is 112. The van der Waals surface area contributed by atoms with Crippen molar-refractivity contribution in [3.63, 3.8) is 0 Å². The summed E-state index contributed by atoms with van der Waals surface area (Å²) < 4.78 is 0. The molecule has 0 spiro atoms. The number of rotatable bonds is 4. The van der Waals surface area contributed by atoms with Gasteiger partial charge in [-0.3, -0.25) is 0 Å². The van der Waals surface area contributed by atoms with Crippen LogP contribution in [0.25, 0.3) is 0 Å². The molecule has 0 bridgehead atoms. The maximum atomic E-state index is 9.94. The third kappa shape index (κ3) is 7.04. The van der Waals surface area contributed by atoms with Crippen molar-refractivity contribution < 1.29 is 9.90 Å². The number of carbonyl (C=O) groups is 1. The van der Waals surface area contributed by atoms with Gasteiger partial charge in [0.25, 0.3) is 0 Å². The molecule has 2 N–H and O–H groups in total. The van der Waals surface area contributed by atoms with E-state index in [1.54, 1.807) is 0 Å². The summed E-state index contributed by atoms with van der Waals surface area (Å²) in [4.78, 5) is 9.94. The van der Waals surface area contributed by atoms with E-state index in [-0.39, 0.29) is 0 Å². The molecule has 1 saturated carbocycles. The monoisotopic (exact) mass is 203 g/mol. The summed E-state index contributed by atoms with van der Waals surface area (Å²) >= 11 is 0. The maximum Gasteiger partial charge on any atom is 0.133 e. The van der Waals surface area contributed by atoms with E-state index in [4.69, 9.17) is 5.11 Å². The van der Waals surface area contributed by atoms with Crippen LogP contribution in [0.2, 0.25) is 0 Å². The highest BCUT2D eigenvalue weighted by Crippen LogP contribution is 2.29. The lowest BCUT2D eigenvalue weighted by molar-refractivity contribution is -0.107. The van der Waals surface area contributed by atoms with Gasteiger partial charge in [0, 0.05) is 13.2 Å². The van der Waals surface area contributed by atoms with Crippen molar-refractivity contribution in [3.05, 3.63) is 0 Å². The molecule has 14 heavy (non-hydrogen) atoms. The van der Waals surface area contributed by atoms with Gasteiger partial charge in [-0.25, -0.2) is 0 Å². The average Bonchev–Trinajstić information content (AvgIpc) is 2.22. The zero-order valence-corrected chi connectivity index (χ0v) is 9.92. The van der Waals surface area contributed by atoms with E-state index in [9.17, 15) is 4.79 Å². The Labute approximate surface area is 87.9 Å². The molecule has 3 nitrogen and oxygen atoms in total. The SMILES string of the molecule is CC.CCC1CC(NCC=O)C1.CO. The van der Waals surface area contributed by atoms with Gasteiger partial charge in [0.2, 0.25) is 0 Å². The number of carbonyl (C=O) groups excluding carboxylic acids is 1. The minimum atomic E-state index is 0.529. The molecule has 3 heteroatoms. The molecule has 0 saturated heterocycles. The van der Waals surface area contributed by atoms with Gasteiger partial charge < -0.3 is 15.2 Å². The molecular weight excluding hydrogens is 178 g/mol. The summed E-state index contributed by atoms with van der Waals surface area (Å²) in [6.45, 7) is 6.75. The minimum absolute atomic E-state index is 0.529. The van der Waals surface area contributed by atoms with E-state index < -0.39 is 0 Å². The number of aliphatic hydroxyl groups is 1. The Kier molecular flexibility index (Phi) is 14.4. The number of hydrogen-bond acceptors (Lipinski definition) is 3. The summed E-state index contributed by atoms with van der Waals surface area (Å²) in [5.41, 5.74) is 0. The van der Waals surface area contributed by atoms with Gasteiger partial charge in [-0.15, -0.1) is 0 Å². The van der Waals surface area contributed by atoms with Crippen LogP contribution in [0.15, 0.2) is 0 Å². The molecule has 1 rings (SSSR count). The lowest BCUT2D eigenvalue weighted by atomic mass is 9.79. The first-order valence-electron chi connectivity index (χ1n) is 5.48. The quantitative estimate of drug-likeness (QED) is 0.682. The van der Waals surface area contributed by atoms with Crippen molar-refractivity contribution >= 4 is 6.29 Å². The molecule has 0 radical (unpaired) electrons. The van der Waals surface area contributed by atoms with Crippen molar-refractivity contribution in [2.75, 3.05) is 13.7 Å². The molecule has 0 heterocycles. The molecule has 0 aromatic carbocycles. The Morgan fingerprint density at radius 2 is 1.86 bits per heavy atom. The van der Waals surface area contributed by atoms with E-state index in [1.807, 2.05) is 13.8 Å². The van der Waals surface area contributed by atoms with E-state index in [2.05, 4.69) is 12.2 Å². The van der Waals surface area contributed by atoms with Crippen LogP contribution in [-0.4, -0.2) is 31.1 Å². The predicted octanol–water partition coefficient (Wildman–Crippen LogP) is 1.60. The average molecular weight is 203 g/mol. The molecule has 1 aliphatic rings. The highest BCUT2D eigenvalue weighted by atomic mass is 16.2. The molecule has 0 aromatic heterocycles. The summed E-state index contributed by atoms with van der Waals surface area (Å²) in [7, 11) is 1.00. The molecule has 0 atom stereocenters. The first kappa shape index (κ1) is 16.0. The van der Waals surface area contributed by atoms with Crippen LogP contribution in [0.3, 0.4) is 0 Å². The van der Waals surface area contributed by atoms with E-state index in [0.717, 1.165) is 19.3 Å². The van der Waals surface area contributed by atoms with Crippen molar-refractivity contribution in [1.29, 1.82) is 0 Å². The number of aliphatic hydroxyl groups excluding tert-OH is 1. The lowest BCUT2D eigenvalue weighted by Crippen LogP contribution is -2.41. The zero-order valence-electron chi connectivity index (χ0n) is 9.92. The molecule has 1 fully saturated rings. The van der Waals surface area contributed by atoms with Crippen molar-refractivity contribution in [2.45, 2.75) is 46.1 Å². The van der Waals surface area contributed by atoms with Gasteiger partial charge >= 0.3 is 0 Å². The standard InChI is InChI=1S/C8H15NO.C2H6.CH4O/c1-2-7-5-8(6-7)9-3-4-10;2*1-2/h4,7-9H,2-3,5-6H2,1H3;1-2H3;2H,1H3. The minimum Gasteiger partial charge on any atom is -0.400 e. The van der Waals surface area contributed by atoms with Crippen molar-refractivity contribution in [3.8, 4) is 0 Å². The summed E-state index contributed by atoms with van der Waals surface area (Å²) in [5, 5.41) is 10.2. The molecule has 1 aliphatic carbocycles. The Morgan fingerprint density at radius 1 is 1.36 bits per heavy atom. The van der Waals surface area contributed by atoms with Crippen LogP contribution in [0.5, 0.6) is 0 Å². The smallest absolute Gasteiger partial charge is 0.133 e. The Hall–Kier alpha value is -0.410. The van der Waals surface area contributed by atoms with Crippen LogP contribution in [0.4, 0.5) is 0 Å². The maximum absolute atomic E-state index is 9.94. The van der Waals surface area contributed by atoms with Crippen LogP contribution in [-0.2, 0) is 4.79 Å². The number of hydrogen-bond donors (Lipinski definition) is 2. The third-order valence-electron chi connectivity index (χ3n) is 2.30. The van der Waals surface area contributed by atoms with E-state index in [0.29, 0.717) is 12.6 Å². The highest BCUT2D eigenvalue weighted by molar-refractivity contribution is 5.51. The molecule has 0 aliphatic heterocycles. The van der Waals surface area contributed by atoms with Crippen LogP contribution >= 0.6 is 0 Å². The third-order valence-corrected chi connectivity index (χ3v) is 2.30. The molecule has 0 amide bonds. The first-order valence-corrected chi connectivity index (χ1v) is 5.48. The van der Waals surface area contributed by atoms with Gasteiger partial charge in [0.05, 0.1) is 6.54 Å². The fourth-order valence-electron chi connectivity index (χ4n) is 1.45. The zero-order chi connectivity index (χ0) is 11.4. The first-order chi connectivity index (χ1) is 6.86. The second-order valence-electron chi connectivity index (χ2n) is 3.02. The predicted molar refractivity (Wildman–Crippen MR) is 60.4 cm³/mol. The molecule has 86 valence electrons. The number of nitrogens with one attached hydrogen (secondary N) is 1. The number of aldehydes is 1. The second kappa shape index (κ2) is 12.6. The van der Waals surface area contributed by atoms with E-state index in [1.165, 1.54) is 19.3 Å². The van der Waals surface area contributed by atoms with Gasteiger partial charge in [-0.1, -0.05) is 27.2 Å². The Morgan fingerprint density at radius 3 is 2.21 bits per heavy atom. The van der Waals surface area contributed by atoms with Crippen LogP contribution in [0, 0.1) is 5.92 Å². The summed E-state index contributed by atoms with van der Waals surface area (Å²) in [6.07, 6.45) is 4.76. The fraction of sp³-hybridized carbons (Fsp3) is 0.909. The van der Waals surface area contributed by atoms with E-state index >= 15 is 0 Å². The van der Waals surface area contributed by atoms with Crippen LogP contribution in [0.1, 0.15) is 40.0 Å². The van der Waals surface area contributed by atoms with Crippen LogP contribution < -0.4 is 5.32 Å². The fourth-order valence-corrected chi connectivity index (χ4v) is 1.45. The molecular formula is C11H25NO2. The van der Waals surface area contributed by atoms with Crippen molar-refractivity contribution in [1.82, 2.24) is 5.32 Å². The normalized spacial score (nSPS) is 23.2. The van der Waals surface area contributed by atoms with Crippen molar-refractivity contribution in [2.24, 2.45) is 5.92 Å². The lowest BCUT2D eigenvalue weighted by Gasteiger charge is -2.34. The summed E-state index contributed by atoms with van der Waals surface area (Å²) in [5.74, 6) is 0.921. The van der Waals surface area contributed by atoms with Gasteiger partial charge in [-0.05, 0) is 18.8 Å². The van der Waals surface area contributed by atoms with Gasteiger partial charge in [0.1, 0.15) is 6.29 Å². The highest BCUT2D eigenvalue weighted by Gasteiger charge is 2.26. The Balaban J connectivity index is 0.